The molecule has 0 aromatic carbocycles. The van der Waals surface area contributed by atoms with Crippen LogP contribution in [0.2, 0.25) is 0 Å². The molecule has 0 heterocycles. The Bertz CT molecular complexity index is 104. The van der Waals surface area contributed by atoms with E-state index in [0.717, 1.165) is 0 Å². The first-order valence-corrected chi connectivity index (χ1v) is 2.30. The Morgan fingerprint density at radius 3 is 2.38 bits per heavy atom. The Hall–Kier alpha value is -0.990. The lowest BCUT2D eigenvalue weighted by Gasteiger charge is -2.02. The number of rotatable bonds is 2. The Balaban J connectivity index is 3.74. The predicted octanol–water partition coefficient (Wildman–Crippen LogP) is 0.00620. The number of hydrogen-bond donors (Lipinski definition) is 1. The van der Waals surface area contributed by atoms with Crippen LogP contribution in [0.4, 0.5) is 0 Å². The maximum Gasteiger partial charge on any atom is 0.142 e. The van der Waals surface area contributed by atoms with Gasteiger partial charge in [-0.05, 0) is 6.08 Å². The fraction of sp³-hybridized carbons (Fsp3) is 0.400. The van der Waals surface area contributed by atoms with Gasteiger partial charge in [0.2, 0.25) is 0 Å². The van der Waals surface area contributed by atoms with Gasteiger partial charge in [0.05, 0.1) is 0 Å². The van der Waals surface area contributed by atoms with Crippen molar-refractivity contribution in [1.82, 2.24) is 5.01 Å². The highest BCUT2D eigenvalue weighted by Crippen LogP contribution is 1.74. The van der Waals surface area contributed by atoms with Crippen LogP contribution in [0.1, 0.15) is 0 Å². The second-order valence-electron chi connectivity index (χ2n) is 1.58. The van der Waals surface area contributed by atoms with Crippen LogP contribution in [-0.2, 0) is 0 Å². The van der Waals surface area contributed by atoms with E-state index in [1.165, 1.54) is 6.08 Å². The molecule has 46 valence electrons. The van der Waals surface area contributed by atoms with Crippen molar-refractivity contribution in [3.63, 3.8) is 0 Å². The largest absolute Gasteiger partial charge is 0.382 e. The van der Waals surface area contributed by atoms with Gasteiger partial charge in [0.1, 0.15) is 5.84 Å². The quantitative estimate of drug-likeness (QED) is 0.311. The van der Waals surface area contributed by atoms with Gasteiger partial charge in [-0.1, -0.05) is 6.58 Å². The minimum absolute atomic E-state index is 0.440. The molecule has 2 N–H and O–H groups in total. The molecule has 0 aromatic rings. The summed E-state index contributed by atoms with van der Waals surface area (Å²) in [7, 11) is 3.60. The van der Waals surface area contributed by atoms with E-state index in [0.29, 0.717) is 5.84 Å². The number of nitrogens with zero attached hydrogens (tertiary/aromatic N) is 2. The standard InChI is InChI=1S/C5H11N3/c1-4-5(6)7-8(2)3/h4H,1H2,2-3H3,(H2,6,7). The van der Waals surface area contributed by atoms with E-state index >= 15 is 0 Å². The van der Waals surface area contributed by atoms with Crippen molar-refractivity contribution in [2.24, 2.45) is 10.8 Å². The van der Waals surface area contributed by atoms with Crippen molar-refractivity contribution >= 4 is 5.84 Å². The molecule has 0 saturated heterocycles. The van der Waals surface area contributed by atoms with Crippen LogP contribution in [-0.4, -0.2) is 24.9 Å². The van der Waals surface area contributed by atoms with Gasteiger partial charge in [-0.15, -0.1) is 0 Å². The fourth-order valence-electron chi connectivity index (χ4n) is 0.272. The lowest BCUT2D eigenvalue weighted by molar-refractivity contribution is 0.437. The molecule has 0 rings (SSSR count). The Morgan fingerprint density at radius 1 is 1.75 bits per heavy atom. The highest BCUT2D eigenvalue weighted by molar-refractivity contribution is 5.90. The van der Waals surface area contributed by atoms with Crippen LogP contribution in [0.5, 0.6) is 0 Å². The summed E-state index contributed by atoms with van der Waals surface area (Å²) < 4.78 is 0. The number of hydrazone groups is 1. The summed E-state index contributed by atoms with van der Waals surface area (Å²) >= 11 is 0. The third-order valence-corrected chi connectivity index (χ3v) is 0.525. The van der Waals surface area contributed by atoms with E-state index in [2.05, 4.69) is 11.7 Å². The molecule has 0 aromatic heterocycles. The minimum atomic E-state index is 0.440. The topological polar surface area (TPSA) is 41.6 Å². The number of nitrogens with two attached hydrogens (primary N) is 1. The molecule has 0 saturated carbocycles. The normalized spacial score (nSPS) is 11.0. The molecule has 3 heteroatoms. The van der Waals surface area contributed by atoms with Crippen molar-refractivity contribution in [1.29, 1.82) is 0 Å². The Kier molecular flexibility index (Phi) is 2.69. The second-order valence-corrected chi connectivity index (χ2v) is 1.58. The Labute approximate surface area is 49.5 Å². The maximum absolute atomic E-state index is 5.26. The van der Waals surface area contributed by atoms with Crippen LogP contribution in [0, 0.1) is 0 Å². The molecule has 8 heavy (non-hydrogen) atoms. The van der Waals surface area contributed by atoms with Gasteiger partial charge in [0.25, 0.3) is 0 Å². The van der Waals surface area contributed by atoms with Gasteiger partial charge in [-0.2, -0.15) is 5.10 Å². The summed E-state index contributed by atoms with van der Waals surface area (Å²) in [6.07, 6.45) is 1.50. The zero-order chi connectivity index (χ0) is 6.57. The SMILES string of the molecule is C=CC(N)=NN(C)C. The lowest BCUT2D eigenvalue weighted by Crippen LogP contribution is -2.13. The van der Waals surface area contributed by atoms with Gasteiger partial charge in [-0.3, -0.25) is 0 Å². The smallest absolute Gasteiger partial charge is 0.142 e. The summed E-state index contributed by atoms with van der Waals surface area (Å²) in [6.45, 7) is 3.43. The minimum Gasteiger partial charge on any atom is -0.382 e. The summed E-state index contributed by atoms with van der Waals surface area (Å²) in [5.74, 6) is 0.440. The van der Waals surface area contributed by atoms with Gasteiger partial charge in [-0.25, -0.2) is 0 Å². The highest BCUT2D eigenvalue weighted by Gasteiger charge is 1.80. The number of amidine groups is 1. The van der Waals surface area contributed by atoms with E-state index in [4.69, 9.17) is 5.73 Å². The van der Waals surface area contributed by atoms with Crippen LogP contribution in [0.15, 0.2) is 17.8 Å². The molecule has 0 bridgehead atoms. The predicted molar refractivity (Wildman–Crippen MR) is 35.5 cm³/mol. The third-order valence-electron chi connectivity index (χ3n) is 0.525. The van der Waals surface area contributed by atoms with Crippen LogP contribution < -0.4 is 5.73 Å². The second kappa shape index (κ2) is 3.07. The van der Waals surface area contributed by atoms with Crippen molar-refractivity contribution in [2.75, 3.05) is 14.1 Å². The first-order valence-electron chi connectivity index (χ1n) is 2.30. The molecule has 0 aliphatic carbocycles. The summed E-state index contributed by atoms with van der Waals surface area (Å²) in [5.41, 5.74) is 5.26. The molecular formula is C5H11N3. The number of hydrogen-bond acceptors (Lipinski definition) is 2. The van der Waals surface area contributed by atoms with Gasteiger partial charge >= 0.3 is 0 Å². The average molecular weight is 113 g/mol. The van der Waals surface area contributed by atoms with Crippen LogP contribution >= 0.6 is 0 Å². The highest BCUT2D eigenvalue weighted by atomic mass is 15.4. The molecule has 0 fully saturated rings. The van der Waals surface area contributed by atoms with Crippen molar-refractivity contribution < 1.29 is 0 Å². The van der Waals surface area contributed by atoms with Crippen molar-refractivity contribution in [2.45, 2.75) is 0 Å². The fourth-order valence-corrected chi connectivity index (χ4v) is 0.272. The summed E-state index contributed by atoms with van der Waals surface area (Å²) in [5, 5.41) is 5.43. The lowest BCUT2D eigenvalue weighted by atomic mass is 10.6. The average Bonchev–Trinajstić information content (AvgIpc) is 1.65. The van der Waals surface area contributed by atoms with Crippen molar-refractivity contribution in [3.8, 4) is 0 Å². The third kappa shape index (κ3) is 3.21. The van der Waals surface area contributed by atoms with E-state index in [1.807, 2.05) is 0 Å². The first-order chi connectivity index (χ1) is 3.66. The maximum atomic E-state index is 5.26. The summed E-state index contributed by atoms with van der Waals surface area (Å²) in [6, 6.07) is 0. The monoisotopic (exact) mass is 113 g/mol. The molecule has 0 aliphatic heterocycles. The van der Waals surface area contributed by atoms with E-state index in [1.54, 1.807) is 19.1 Å². The van der Waals surface area contributed by atoms with Gasteiger partial charge in [0, 0.05) is 14.1 Å². The molecule has 0 spiro atoms. The Morgan fingerprint density at radius 2 is 2.25 bits per heavy atom. The molecule has 0 aliphatic rings. The van der Waals surface area contributed by atoms with E-state index in [9.17, 15) is 0 Å². The van der Waals surface area contributed by atoms with E-state index < -0.39 is 0 Å². The molecule has 3 nitrogen and oxygen atoms in total. The molecule has 0 unspecified atom stereocenters. The molecule has 0 radical (unpaired) electrons. The van der Waals surface area contributed by atoms with Crippen LogP contribution in [0.25, 0.3) is 0 Å². The first kappa shape index (κ1) is 7.01. The van der Waals surface area contributed by atoms with Gasteiger partial charge < -0.3 is 10.7 Å². The van der Waals surface area contributed by atoms with Crippen LogP contribution in [0.3, 0.4) is 0 Å². The molecule has 0 amide bonds. The zero-order valence-corrected chi connectivity index (χ0v) is 5.26. The summed E-state index contributed by atoms with van der Waals surface area (Å²) in [4.78, 5) is 0. The van der Waals surface area contributed by atoms with Gasteiger partial charge in [0.15, 0.2) is 0 Å². The van der Waals surface area contributed by atoms with Crippen molar-refractivity contribution in [3.05, 3.63) is 12.7 Å². The zero-order valence-electron chi connectivity index (χ0n) is 5.26. The molecular weight excluding hydrogens is 102 g/mol. The molecule has 0 atom stereocenters. The van der Waals surface area contributed by atoms with E-state index in [-0.39, 0.29) is 0 Å².